The molecule has 0 saturated carbocycles. The van der Waals surface area contributed by atoms with Crippen molar-refractivity contribution in [3.8, 4) is 0 Å². The van der Waals surface area contributed by atoms with Crippen LogP contribution in [0.25, 0.3) is 0 Å². The van der Waals surface area contributed by atoms with Gasteiger partial charge in [-0.2, -0.15) is 0 Å². The predicted octanol–water partition coefficient (Wildman–Crippen LogP) is 10.3. The smallest absolute Gasteiger partial charge is 0.0734 e. The second kappa shape index (κ2) is 15.9. The third-order valence-corrected chi connectivity index (χ3v) is 7.92. The molecule has 0 aromatic heterocycles. The topological polar surface area (TPSA) is 40.5 Å². The van der Waals surface area contributed by atoms with Crippen molar-refractivity contribution in [2.24, 2.45) is 10.8 Å². The van der Waals surface area contributed by atoms with Crippen LogP contribution in [0.15, 0.2) is 142 Å². The Kier molecular flexibility index (Phi) is 13.2. The van der Waals surface area contributed by atoms with Gasteiger partial charge in [-0.15, -0.1) is 0 Å². The molecule has 2 N–H and O–H groups in total. The van der Waals surface area contributed by atoms with Gasteiger partial charge in [0.15, 0.2) is 0 Å². The zero-order valence-electron chi connectivity index (χ0n) is 27.7. The van der Waals surface area contributed by atoms with Gasteiger partial charge in [0.2, 0.25) is 0 Å². The molecule has 2 atom stereocenters. The molecule has 0 saturated heterocycles. The van der Waals surface area contributed by atoms with E-state index in [0.717, 1.165) is 24.0 Å². The number of hydrogen-bond donors (Lipinski definition) is 2. The van der Waals surface area contributed by atoms with Gasteiger partial charge in [-0.05, 0) is 87.5 Å². The number of aliphatic hydroxyl groups is 2. The molecule has 42 heavy (non-hydrogen) atoms. The van der Waals surface area contributed by atoms with E-state index in [4.69, 9.17) is 0 Å². The van der Waals surface area contributed by atoms with E-state index in [-0.39, 0.29) is 23.0 Å². The third-order valence-electron chi connectivity index (χ3n) is 7.92. The van der Waals surface area contributed by atoms with E-state index in [1.165, 1.54) is 33.4 Å². The van der Waals surface area contributed by atoms with Gasteiger partial charge in [0.05, 0.1) is 12.2 Å². The first-order chi connectivity index (χ1) is 19.6. The molecule has 2 unspecified atom stereocenters. The highest BCUT2D eigenvalue weighted by Gasteiger charge is 2.31. The molecule has 2 aliphatic carbocycles. The molecule has 0 amide bonds. The lowest BCUT2D eigenvalue weighted by Crippen LogP contribution is -2.27. The summed E-state index contributed by atoms with van der Waals surface area (Å²) >= 11 is 0. The Balaban J connectivity index is 1.92. The highest BCUT2D eigenvalue weighted by Crippen LogP contribution is 2.41. The quantitative estimate of drug-likeness (QED) is 0.273. The van der Waals surface area contributed by atoms with Crippen LogP contribution in [-0.4, -0.2) is 22.4 Å². The summed E-state index contributed by atoms with van der Waals surface area (Å²) in [5.74, 6) is 0. The molecular weight excluding hydrogens is 512 g/mol. The lowest BCUT2D eigenvalue weighted by atomic mass is 9.72. The Hall–Kier alpha value is -3.20. The van der Waals surface area contributed by atoms with E-state index in [9.17, 15) is 10.2 Å². The summed E-state index contributed by atoms with van der Waals surface area (Å²) in [6, 6.07) is 0. The Bertz CT molecular complexity index is 1230. The van der Waals surface area contributed by atoms with Crippen LogP contribution in [0.1, 0.15) is 82.1 Å². The largest absolute Gasteiger partial charge is 0.389 e. The van der Waals surface area contributed by atoms with Crippen LogP contribution < -0.4 is 0 Å². The molecule has 0 aliphatic heterocycles. The predicted molar refractivity (Wildman–Crippen MR) is 184 cm³/mol. The minimum absolute atomic E-state index is 0.0267. The molecule has 2 nitrogen and oxygen atoms in total. The molecule has 0 heterocycles. The summed E-state index contributed by atoms with van der Waals surface area (Å²) < 4.78 is 0. The van der Waals surface area contributed by atoms with Crippen molar-refractivity contribution in [3.05, 3.63) is 142 Å². The van der Waals surface area contributed by atoms with Crippen molar-refractivity contribution in [1.29, 1.82) is 0 Å². The summed E-state index contributed by atoms with van der Waals surface area (Å²) in [6.45, 7) is 21.4. The molecule has 0 spiro atoms. The second-order valence-corrected chi connectivity index (χ2v) is 13.2. The van der Waals surface area contributed by atoms with Crippen LogP contribution >= 0.6 is 0 Å². The van der Waals surface area contributed by atoms with Crippen LogP contribution in [0.2, 0.25) is 0 Å². The van der Waals surface area contributed by atoms with Crippen molar-refractivity contribution in [1.82, 2.24) is 0 Å². The Labute approximate surface area is 256 Å². The molecule has 2 heteroatoms. The maximum atomic E-state index is 10.0. The lowest BCUT2D eigenvalue weighted by molar-refractivity contribution is 0.160. The molecule has 2 rings (SSSR count). The normalized spacial score (nSPS) is 26.4. The third kappa shape index (κ3) is 11.6. The van der Waals surface area contributed by atoms with Crippen molar-refractivity contribution in [3.63, 3.8) is 0 Å². The Morgan fingerprint density at radius 2 is 0.881 bits per heavy atom. The molecule has 0 radical (unpaired) electrons. The van der Waals surface area contributed by atoms with E-state index >= 15 is 0 Å². The van der Waals surface area contributed by atoms with Crippen LogP contribution in [0.3, 0.4) is 0 Å². The number of allylic oxidation sites excluding steroid dienone is 22. The molecule has 0 bridgehead atoms. The average Bonchev–Trinajstić information content (AvgIpc) is 2.84. The average molecular weight is 567 g/mol. The van der Waals surface area contributed by atoms with Crippen molar-refractivity contribution in [2.45, 2.75) is 94.3 Å². The number of aliphatic hydroxyl groups excluding tert-OH is 2. The van der Waals surface area contributed by atoms with Gasteiger partial charge < -0.3 is 10.2 Å². The zero-order chi connectivity index (χ0) is 31.5. The van der Waals surface area contributed by atoms with Gasteiger partial charge >= 0.3 is 0 Å². The minimum atomic E-state index is -0.352. The zero-order valence-corrected chi connectivity index (χ0v) is 27.7. The van der Waals surface area contributed by atoms with E-state index in [2.05, 4.69) is 154 Å². The van der Waals surface area contributed by atoms with Crippen molar-refractivity contribution >= 4 is 0 Å². The summed E-state index contributed by atoms with van der Waals surface area (Å²) in [6.07, 6.45) is 34.4. The number of hydrogen-bond acceptors (Lipinski definition) is 2. The first-order valence-electron chi connectivity index (χ1n) is 15.2. The highest BCUT2D eigenvalue weighted by atomic mass is 16.3. The van der Waals surface area contributed by atoms with Gasteiger partial charge in [-0.1, -0.05) is 147 Å². The van der Waals surface area contributed by atoms with Crippen molar-refractivity contribution < 1.29 is 10.2 Å². The van der Waals surface area contributed by atoms with Crippen LogP contribution in [-0.2, 0) is 0 Å². The Morgan fingerprint density at radius 1 is 0.571 bits per heavy atom. The summed E-state index contributed by atoms with van der Waals surface area (Å²) in [7, 11) is 0. The molecule has 0 aromatic rings. The maximum Gasteiger partial charge on any atom is 0.0734 e. The van der Waals surface area contributed by atoms with Crippen LogP contribution in [0, 0.1) is 10.8 Å². The van der Waals surface area contributed by atoms with Gasteiger partial charge in [0.1, 0.15) is 0 Å². The fraction of sp³-hybridized carbons (Fsp3) is 0.400. The van der Waals surface area contributed by atoms with Gasteiger partial charge in [-0.25, -0.2) is 0 Å². The first kappa shape index (κ1) is 35.0. The first-order valence-corrected chi connectivity index (χ1v) is 15.2. The summed E-state index contributed by atoms with van der Waals surface area (Å²) in [5.41, 5.74) is 9.59. The molecule has 0 aromatic carbocycles. The van der Waals surface area contributed by atoms with E-state index in [0.29, 0.717) is 0 Å². The lowest BCUT2D eigenvalue weighted by Gasteiger charge is -2.34. The monoisotopic (exact) mass is 566 g/mol. The summed E-state index contributed by atoms with van der Waals surface area (Å²) in [5, 5.41) is 20.1. The molecule has 2 aliphatic rings. The fourth-order valence-electron chi connectivity index (χ4n) is 5.69. The maximum absolute atomic E-state index is 10.0. The van der Waals surface area contributed by atoms with Gasteiger partial charge in [0.25, 0.3) is 0 Å². The van der Waals surface area contributed by atoms with Crippen LogP contribution in [0.4, 0.5) is 0 Å². The van der Waals surface area contributed by atoms with E-state index in [1.54, 1.807) is 0 Å². The van der Waals surface area contributed by atoms with Crippen molar-refractivity contribution in [2.75, 3.05) is 0 Å². The van der Waals surface area contributed by atoms with Crippen LogP contribution in [0.5, 0.6) is 0 Å². The van der Waals surface area contributed by atoms with E-state index in [1.807, 2.05) is 12.2 Å². The Morgan fingerprint density at radius 3 is 1.21 bits per heavy atom. The van der Waals surface area contributed by atoms with E-state index < -0.39 is 0 Å². The summed E-state index contributed by atoms with van der Waals surface area (Å²) in [4.78, 5) is 0. The second-order valence-electron chi connectivity index (χ2n) is 13.2. The molecule has 0 fully saturated rings. The highest BCUT2D eigenvalue weighted by molar-refractivity contribution is 5.43. The van der Waals surface area contributed by atoms with Gasteiger partial charge in [0, 0.05) is 0 Å². The standard InChI is InChI=1S/C40H54O2/c1-29(17-13-19-31(3)21-23-37-33(5)25-35(41)27-39(37,7)8)15-11-12-16-30(2)18-14-20-32(4)22-24-38-34(6)26-36(42)28-40(38,9)10/h11-26,35-36,41-42H,27-28H2,1-10H3. The fourth-order valence-corrected chi connectivity index (χ4v) is 5.69. The minimum Gasteiger partial charge on any atom is -0.389 e. The molecule has 226 valence electrons. The van der Waals surface area contributed by atoms with Gasteiger partial charge in [-0.3, -0.25) is 0 Å². The molecular formula is C40H54O2. The number of rotatable bonds is 9. The SMILES string of the molecule is CC(C=CC=CC(C)=CC=CC(C)=CC=C1C(C)=CC(O)CC1(C)C)=CC=CC(C)=CC=C1C(C)=CC(O)CC1(C)C.